The summed E-state index contributed by atoms with van der Waals surface area (Å²) in [7, 11) is -4.17. The van der Waals surface area contributed by atoms with Crippen LogP contribution in [0.25, 0.3) is 0 Å². The lowest BCUT2D eigenvalue weighted by Gasteiger charge is -2.26. The molecule has 0 saturated carbocycles. The van der Waals surface area contributed by atoms with E-state index >= 15 is 0 Å². The van der Waals surface area contributed by atoms with Gasteiger partial charge in [0, 0.05) is 22.0 Å². The van der Waals surface area contributed by atoms with Gasteiger partial charge in [0.05, 0.1) is 16.8 Å². The SMILES string of the molecule is C[C@H](COC(=O)NC(C)(C)C)[C@@H](c1cc(F)ccc1F)S(=O)(=O)c1ccc(Cl)cc1. The summed E-state index contributed by atoms with van der Waals surface area (Å²) in [6.07, 6.45) is -0.739. The van der Waals surface area contributed by atoms with Gasteiger partial charge in [-0.15, -0.1) is 0 Å². The van der Waals surface area contributed by atoms with Gasteiger partial charge >= 0.3 is 6.09 Å². The smallest absolute Gasteiger partial charge is 0.407 e. The monoisotopic (exact) mass is 459 g/mol. The predicted molar refractivity (Wildman–Crippen MR) is 111 cm³/mol. The first kappa shape index (κ1) is 24.1. The Morgan fingerprint density at radius 3 is 2.30 bits per heavy atom. The molecule has 0 aromatic heterocycles. The van der Waals surface area contributed by atoms with Gasteiger partial charge in [0.2, 0.25) is 0 Å². The maximum atomic E-state index is 14.5. The number of nitrogens with one attached hydrogen (secondary N) is 1. The third-order valence-electron chi connectivity index (χ3n) is 4.21. The number of ether oxygens (including phenoxy) is 1. The Labute approximate surface area is 180 Å². The van der Waals surface area contributed by atoms with Gasteiger partial charge in [-0.05, 0) is 63.2 Å². The molecule has 0 aliphatic carbocycles. The second kappa shape index (κ2) is 9.31. The van der Waals surface area contributed by atoms with Gasteiger partial charge in [-0.1, -0.05) is 18.5 Å². The Hall–Kier alpha value is -2.19. The van der Waals surface area contributed by atoms with Crippen LogP contribution in [0.3, 0.4) is 0 Å². The normalized spacial score (nSPS) is 14.1. The summed E-state index contributed by atoms with van der Waals surface area (Å²) in [5, 5.41) is 1.43. The second-order valence-corrected chi connectivity index (χ2v) is 10.5. The van der Waals surface area contributed by atoms with E-state index in [0.717, 1.165) is 18.2 Å². The van der Waals surface area contributed by atoms with Crippen LogP contribution in [0, 0.1) is 17.6 Å². The maximum Gasteiger partial charge on any atom is 0.407 e. The van der Waals surface area contributed by atoms with Gasteiger partial charge in [0.25, 0.3) is 0 Å². The molecule has 0 fully saturated rings. The van der Waals surface area contributed by atoms with E-state index in [2.05, 4.69) is 5.32 Å². The number of alkyl carbamates (subject to hydrolysis) is 1. The fraction of sp³-hybridized carbons (Fsp3) is 0.381. The molecule has 2 atom stereocenters. The van der Waals surface area contributed by atoms with Crippen molar-refractivity contribution < 1.29 is 26.7 Å². The Morgan fingerprint density at radius 1 is 1.13 bits per heavy atom. The molecule has 0 aliphatic rings. The van der Waals surface area contributed by atoms with Crippen LogP contribution in [0.15, 0.2) is 47.4 Å². The fourth-order valence-corrected chi connectivity index (χ4v) is 5.06. The van der Waals surface area contributed by atoms with Gasteiger partial charge in [0.1, 0.15) is 11.6 Å². The molecule has 9 heteroatoms. The minimum absolute atomic E-state index is 0.105. The van der Waals surface area contributed by atoms with Gasteiger partial charge < -0.3 is 10.1 Å². The molecule has 0 radical (unpaired) electrons. The van der Waals surface area contributed by atoms with Gasteiger partial charge in [-0.25, -0.2) is 22.0 Å². The zero-order chi connectivity index (χ0) is 22.7. The summed E-state index contributed by atoms with van der Waals surface area (Å²) < 4.78 is 60.2. The molecule has 0 saturated heterocycles. The van der Waals surface area contributed by atoms with E-state index in [1.54, 1.807) is 20.8 Å². The predicted octanol–water partition coefficient (Wildman–Crippen LogP) is 5.29. The van der Waals surface area contributed by atoms with Crippen molar-refractivity contribution in [2.45, 2.75) is 43.4 Å². The van der Waals surface area contributed by atoms with E-state index < -0.39 is 44.3 Å². The average Bonchev–Trinajstić information content (AvgIpc) is 2.62. The Bertz CT molecular complexity index is 1000. The largest absolute Gasteiger partial charge is 0.449 e. The molecule has 5 nitrogen and oxygen atoms in total. The van der Waals surface area contributed by atoms with Crippen LogP contribution in [0.4, 0.5) is 13.6 Å². The number of hydrogen-bond acceptors (Lipinski definition) is 4. The molecular weight excluding hydrogens is 436 g/mol. The third kappa shape index (κ3) is 6.15. The van der Waals surface area contributed by atoms with E-state index in [0.29, 0.717) is 5.02 Å². The Kier molecular flexibility index (Phi) is 7.47. The maximum absolute atomic E-state index is 14.5. The van der Waals surface area contributed by atoms with Crippen molar-refractivity contribution >= 4 is 27.5 Å². The van der Waals surface area contributed by atoms with E-state index in [9.17, 15) is 22.0 Å². The van der Waals surface area contributed by atoms with E-state index in [4.69, 9.17) is 16.3 Å². The van der Waals surface area contributed by atoms with Crippen LogP contribution >= 0.6 is 11.6 Å². The molecular formula is C21H24ClF2NO4S. The highest BCUT2D eigenvalue weighted by atomic mass is 35.5. The van der Waals surface area contributed by atoms with Gasteiger partial charge in [-0.2, -0.15) is 0 Å². The van der Waals surface area contributed by atoms with Crippen molar-refractivity contribution in [2.75, 3.05) is 6.61 Å². The number of carbonyl (C=O) groups is 1. The molecule has 1 N–H and O–H groups in total. The third-order valence-corrected chi connectivity index (χ3v) is 6.78. The van der Waals surface area contributed by atoms with E-state index in [1.807, 2.05) is 0 Å². The number of hydrogen-bond donors (Lipinski definition) is 1. The molecule has 0 bridgehead atoms. The van der Waals surface area contributed by atoms with Crippen LogP contribution in [-0.4, -0.2) is 26.7 Å². The lowest BCUT2D eigenvalue weighted by Crippen LogP contribution is -2.41. The first-order valence-electron chi connectivity index (χ1n) is 9.20. The molecule has 30 heavy (non-hydrogen) atoms. The number of amides is 1. The minimum atomic E-state index is -4.17. The van der Waals surface area contributed by atoms with Crippen molar-refractivity contribution in [1.29, 1.82) is 0 Å². The number of benzene rings is 2. The Morgan fingerprint density at radius 2 is 1.73 bits per heavy atom. The minimum Gasteiger partial charge on any atom is -0.449 e. The molecule has 0 aliphatic heterocycles. The molecule has 164 valence electrons. The van der Waals surface area contributed by atoms with Crippen molar-refractivity contribution in [3.8, 4) is 0 Å². The second-order valence-electron chi connectivity index (χ2n) is 8.04. The van der Waals surface area contributed by atoms with E-state index in [-0.39, 0.29) is 17.1 Å². The highest BCUT2D eigenvalue weighted by Crippen LogP contribution is 2.37. The number of sulfone groups is 1. The Balaban J connectivity index is 2.42. The molecule has 0 heterocycles. The van der Waals surface area contributed by atoms with Crippen LogP contribution in [0.2, 0.25) is 5.02 Å². The topological polar surface area (TPSA) is 72.5 Å². The number of carbonyl (C=O) groups excluding carboxylic acids is 1. The zero-order valence-corrected chi connectivity index (χ0v) is 18.7. The standard InChI is InChI=1S/C21H24ClF2NO4S/c1-13(12-29-20(26)25-21(2,3)4)19(17-11-15(23)7-10-18(17)24)30(27,28)16-8-5-14(22)6-9-16/h5-11,13,19H,12H2,1-4H3,(H,25,26)/t13-,19+/m1/s1. The lowest BCUT2D eigenvalue weighted by molar-refractivity contribution is 0.121. The molecule has 1 amide bonds. The average molecular weight is 460 g/mol. The lowest BCUT2D eigenvalue weighted by atomic mass is 10.0. The van der Waals surface area contributed by atoms with E-state index in [1.165, 1.54) is 31.2 Å². The fourth-order valence-electron chi connectivity index (χ4n) is 2.92. The first-order valence-corrected chi connectivity index (χ1v) is 11.1. The summed E-state index contributed by atoms with van der Waals surface area (Å²) in [5.74, 6) is -2.53. The first-order chi connectivity index (χ1) is 13.8. The molecule has 2 aromatic rings. The molecule has 0 spiro atoms. The van der Waals surface area contributed by atoms with Gasteiger partial charge in [0.15, 0.2) is 9.84 Å². The van der Waals surface area contributed by atoms with Crippen molar-refractivity contribution in [3.05, 3.63) is 64.7 Å². The van der Waals surface area contributed by atoms with Crippen molar-refractivity contribution in [3.63, 3.8) is 0 Å². The molecule has 2 aromatic carbocycles. The van der Waals surface area contributed by atoms with Crippen molar-refractivity contribution in [1.82, 2.24) is 5.32 Å². The summed E-state index contributed by atoms with van der Waals surface area (Å²) in [6, 6.07) is 8.00. The van der Waals surface area contributed by atoms with Crippen LogP contribution in [-0.2, 0) is 14.6 Å². The molecule has 2 rings (SSSR count). The van der Waals surface area contributed by atoms with Gasteiger partial charge in [-0.3, -0.25) is 0 Å². The highest BCUT2D eigenvalue weighted by molar-refractivity contribution is 7.91. The molecule has 0 unspecified atom stereocenters. The summed E-state index contributed by atoms with van der Waals surface area (Å²) >= 11 is 5.84. The highest BCUT2D eigenvalue weighted by Gasteiger charge is 2.37. The van der Waals surface area contributed by atoms with Crippen LogP contribution in [0.1, 0.15) is 38.5 Å². The van der Waals surface area contributed by atoms with Crippen LogP contribution < -0.4 is 5.32 Å². The van der Waals surface area contributed by atoms with Crippen molar-refractivity contribution in [2.24, 2.45) is 5.92 Å². The summed E-state index contributed by atoms with van der Waals surface area (Å²) in [4.78, 5) is 11.9. The summed E-state index contributed by atoms with van der Waals surface area (Å²) in [5.41, 5.74) is -0.888. The van der Waals surface area contributed by atoms with Crippen LogP contribution in [0.5, 0.6) is 0 Å². The zero-order valence-electron chi connectivity index (χ0n) is 17.1. The summed E-state index contributed by atoms with van der Waals surface area (Å²) in [6.45, 7) is 6.44. The number of rotatable bonds is 6. The quantitative estimate of drug-likeness (QED) is 0.636. The number of halogens is 3.